The summed E-state index contributed by atoms with van der Waals surface area (Å²) in [5, 5.41) is 5.02. The van der Waals surface area contributed by atoms with Crippen LogP contribution in [0.15, 0.2) is 48.5 Å². The summed E-state index contributed by atoms with van der Waals surface area (Å²) in [7, 11) is 0. The molecule has 9 nitrogen and oxygen atoms in total. The molecule has 10 heteroatoms. The molecule has 0 atom stereocenters. The first-order chi connectivity index (χ1) is 16.6. The summed E-state index contributed by atoms with van der Waals surface area (Å²) in [6.07, 6.45) is -0.0955. The molecule has 0 heterocycles. The van der Waals surface area contributed by atoms with Gasteiger partial charge in [-0.25, -0.2) is 0 Å². The van der Waals surface area contributed by atoms with E-state index < -0.39 is 11.8 Å². The van der Waals surface area contributed by atoms with Gasteiger partial charge in [0.2, 0.25) is 11.8 Å². The predicted octanol–water partition coefficient (Wildman–Crippen LogP) is 3.20. The zero-order valence-corrected chi connectivity index (χ0v) is 21.2. The molecule has 0 aliphatic heterocycles. The molecule has 0 bridgehead atoms. The minimum absolute atomic E-state index is 0.0260. The lowest BCUT2D eigenvalue weighted by Gasteiger charge is -2.19. The van der Waals surface area contributed by atoms with Gasteiger partial charge in [0.05, 0.1) is 6.61 Å². The van der Waals surface area contributed by atoms with Gasteiger partial charge in [-0.3, -0.25) is 30.6 Å². The van der Waals surface area contributed by atoms with Crippen molar-refractivity contribution < 1.29 is 23.9 Å². The maximum atomic E-state index is 12.0. The second kappa shape index (κ2) is 13.3. The Hall–Kier alpha value is -3.66. The maximum absolute atomic E-state index is 12.0. The van der Waals surface area contributed by atoms with Crippen LogP contribution in [0, 0.1) is 0 Å². The highest BCUT2D eigenvalue weighted by Gasteiger charge is 2.13. The van der Waals surface area contributed by atoms with Gasteiger partial charge in [0, 0.05) is 18.5 Å². The smallest absolute Gasteiger partial charge is 0.264 e. The fourth-order valence-electron chi connectivity index (χ4n) is 2.83. The highest BCUT2D eigenvalue weighted by molar-refractivity contribution is 7.80. The fourth-order valence-corrected chi connectivity index (χ4v) is 3.00. The third kappa shape index (κ3) is 10.4. The van der Waals surface area contributed by atoms with Crippen molar-refractivity contribution in [3.05, 3.63) is 54.1 Å². The number of benzene rings is 2. The molecule has 4 N–H and O–H groups in total. The molecule has 0 spiro atoms. The zero-order chi connectivity index (χ0) is 25.8. The van der Waals surface area contributed by atoms with Crippen LogP contribution in [0.25, 0.3) is 0 Å². The van der Waals surface area contributed by atoms with Crippen LogP contribution in [0.4, 0.5) is 5.69 Å². The van der Waals surface area contributed by atoms with E-state index in [0.29, 0.717) is 23.8 Å². The van der Waals surface area contributed by atoms with Crippen LogP contribution < -0.4 is 31.0 Å². The van der Waals surface area contributed by atoms with Crippen molar-refractivity contribution in [2.75, 3.05) is 18.5 Å². The van der Waals surface area contributed by atoms with Crippen LogP contribution in [0.2, 0.25) is 0 Å². The molecule has 35 heavy (non-hydrogen) atoms. The number of nitrogens with one attached hydrogen (secondary N) is 4. The second-order valence-corrected chi connectivity index (χ2v) is 9.03. The van der Waals surface area contributed by atoms with Gasteiger partial charge < -0.3 is 14.8 Å². The third-order valence-electron chi connectivity index (χ3n) is 4.69. The van der Waals surface area contributed by atoms with Gasteiger partial charge in [-0.2, -0.15) is 0 Å². The highest BCUT2D eigenvalue weighted by atomic mass is 32.1. The number of anilines is 1. The minimum atomic E-state index is -0.480. The van der Waals surface area contributed by atoms with Crippen molar-refractivity contribution >= 4 is 40.7 Å². The number of carbonyl (C=O) groups excluding carboxylic acids is 3. The molecule has 0 saturated heterocycles. The minimum Gasteiger partial charge on any atom is -0.494 e. The number of rotatable bonds is 9. The maximum Gasteiger partial charge on any atom is 0.264 e. The van der Waals surface area contributed by atoms with Gasteiger partial charge >= 0.3 is 0 Å². The first-order valence-electron chi connectivity index (χ1n) is 11.2. The van der Waals surface area contributed by atoms with Gasteiger partial charge in [-0.05, 0) is 66.5 Å². The van der Waals surface area contributed by atoms with E-state index in [1.54, 1.807) is 36.4 Å². The molecule has 0 unspecified atom stereocenters. The van der Waals surface area contributed by atoms with Crippen molar-refractivity contribution in [1.29, 1.82) is 0 Å². The van der Waals surface area contributed by atoms with E-state index in [1.165, 1.54) is 0 Å². The molecule has 0 saturated carbocycles. The summed E-state index contributed by atoms with van der Waals surface area (Å²) in [5.74, 6) is 0.0158. The molecular weight excluding hydrogens is 468 g/mol. The van der Waals surface area contributed by atoms with E-state index in [9.17, 15) is 14.4 Å². The molecule has 2 aromatic rings. The number of amides is 3. The lowest BCUT2D eigenvalue weighted by molar-refractivity contribution is -0.125. The summed E-state index contributed by atoms with van der Waals surface area (Å²) in [6.45, 7) is 8.54. The Kier molecular flexibility index (Phi) is 10.5. The number of hydrogen-bond acceptors (Lipinski definition) is 6. The molecule has 0 aliphatic carbocycles. The van der Waals surface area contributed by atoms with E-state index >= 15 is 0 Å². The van der Waals surface area contributed by atoms with E-state index in [1.807, 2.05) is 19.1 Å². The van der Waals surface area contributed by atoms with Gasteiger partial charge in [0.1, 0.15) is 11.5 Å². The Morgan fingerprint density at radius 2 is 1.37 bits per heavy atom. The molecule has 2 rings (SSSR count). The van der Waals surface area contributed by atoms with Crippen molar-refractivity contribution in [1.82, 2.24) is 16.2 Å². The summed E-state index contributed by atoms with van der Waals surface area (Å²) < 4.78 is 10.8. The molecule has 0 aromatic heterocycles. The molecule has 2 aromatic carbocycles. The fraction of sp³-hybridized carbons (Fsp3) is 0.360. The van der Waals surface area contributed by atoms with Crippen molar-refractivity contribution in [3.63, 3.8) is 0 Å². The van der Waals surface area contributed by atoms with Crippen LogP contribution in [-0.4, -0.2) is 36.0 Å². The Morgan fingerprint density at radius 3 is 1.97 bits per heavy atom. The Bertz CT molecular complexity index is 1020. The monoisotopic (exact) mass is 500 g/mol. The van der Waals surface area contributed by atoms with E-state index in [-0.39, 0.29) is 35.9 Å². The molecule has 0 fully saturated rings. The van der Waals surface area contributed by atoms with Crippen LogP contribution >= 0.6 is 12.2 Å². The van der Waals surface area contributed by atoms with E-state index in [4.69, 9.17) is 21.7 Å². The van der Waals surface area contributed by atoms with Gasteiger partial charge in [0.15, 0.2) is 11.7 Å². The quantitative estimate of drug-likeness (QED) is 0.308. The average molecular weight is 501 g/mol. The number of thiocarbonyl (C=S) groups is 1. The van der Waals surface area contributed by atoms with E-state index in [0.717, 1.165) is 5.56 Å². The van der Waals surface area contributed by atoms with Crippen LogP contribution in [0.1, 0.15) is 46.1 Å². The van der Waals surface area contributed by atoms with Crippen molar-refractivity contribution in [3.8, 4) is 11.5 Å². The summed E-state index contributed by atoms with van der Waals surface area (Å²) in [6, 6.07) is 14.4. The van der Waals surface area contributed by atoms with Gasteiger partial charge in [-0.15, -0.1) is 0 Å². The van der Waals surface area contributed by atoms with Crippen LogP contribution in [0.5, 0.6) is 11.5 Å². The largest absolute Gasteiger partial charge is 0.494 e. The van der Waals surface area contributed by atoms with Crippen molar-refractivity contribution in [2.24, 2.45) is 0 Å². The number of carbonyl (C=O) groups is 3. The first-order valence-corrected chi connectivity index (χ1v) is 11.6. The Labute approximate surface area is 210 Å². The molecule has 0 radical (unpaired) electrons. The lowest BCUT2D eigenvalue weighted by Crippen LogP contribution is -2.49. The Balaban J connectivity index is 1.63. The topological polar surface area (TPSA) is 118 Å². The summed E-state index contributed by atoms with van der Waals surface area (Å²) in [5.41, 5.74) is 6.55. The lowest BCUT2D eigenvalue weighted by atomic mass is 9.87. The molecule has 0 aliphatic rings. The standard InChI is InChI=1S/C25H32N4O5S/c1-5-33-19-12-8-18(9-13-19)26-21(30)14-15-22(31)28-29-24(35)27-23(32)16-34-20-10-6-17(7-11-20)25(2,3)4/h6-13H,5,14-16H2,1-4H3,(H,26,30)(H,28,31)(H2,27,29,32,35). The van der Waals surface area contributed by atoms with Crippen LogP contribution in [-0.2, 0) is 19.8 Å². The Morgan fingerprint density at radius 1 is 0.800 bits per heavy atom. The first kappa shape index (κ1) is 27.6. The number of ether oxygens (including phenoxy) is 2. The average Bonchev–Trinajstić information content (AvgIpc) is 2.81. The molecule has 3 amide bonds. The number of hydrogen-bond donors (Lipinski definition) is 4. The molecule has 188 valence electrons. The summed E-state index contributed by atoms with van der Waals surface area (Å²) >= 11 is 4.99. The van der Waals surface area contributed by atoms with Gasteiger partial charge in [0.25, 0.3) is 5.91 Å². The predicted molar refractivity (Wildman–Crippen MR) is 138 cm³/mol. The zero-order valence-electron chi connectivity index (χ0n) is 20.4. The second-order valence-electron chi connectivity index (χ2n) is 8.62. The van der Waals surface area contributed by atoms with Crippen LogP contribution in [0.3, 0.4) is 0 Å². The van der Waals surface area contributed by atoms with Gasteiger partial charge in [-0.1, -0.05) is 32.9 Å². The molecular formula is C25H32N4O5S. The highest BCUT2D eigenvalue weighted by Crippen LogP contribution is 2.24. The normalized spacial score (nSPS) is 10.6. The van der Waals surface area contributed by atoms with E-state index in [2.05, 4.69) is 42.3 Å². The third-order valence-corrected chi connectivity index (χ3v) is 4.89. The van der Waals surface area contributed by atoms with Crippen molar-refractivity contribution in [2.45, 2.75) is 46.0 Å². The number of hydrazine groups is 1. The SMILES string of the molecule is CCOc1ccc(NC(=O)CCC(=O)NNC(=S)NC(=O)COc2ccc(C(C)(C)C)cc2)cc1. The summed E-state index contributed by atoms with van der Waals surface area (Å²) in [4.78, 5) is 36.0.